The van der Waals surface area contributed by atoms with Gasteiger partial charge in [0.1, 0.15) is 0 Å². The van der Waals surface area contributed by atoms with Crippen LogP contribution in [0.4, 0.5) is 0 Å². The Balaban J connectivity index is 1.11. The fourth-order valence-corrected chi connectivity index (χ4v) is 10.3. The zero-order valence-electron chi connectivity index (χ0n) is 32.6. The Labute approximate surface area is 340 Å². The van der Waals surface area contributed by atoms with E-state index in [1.165, 1.54) is 76.4 Å². The lowest BCUT2D eigenvalue weighted by Crippen LogP contribution is -2.14. The molecule has 0 saturated heterocycles. The molecule has 4 nitrogen and oxygen atoms in total. The van der Waals surface area contributed by atoms with Crippen LogP contribution < -0.4 is 0 Å². The molecule has 0 amide bonds. The molecule has 1 aliphatic carbocycles. The van der Waals surface area contributed by atoms with Gasteiger partial charge in [-0.2, -0.15) is 0 Å². The average Bonchev–Trinajstić information content (AvgIpc) is 3.87. The van der Waals surface area contributed by atoms with Crippen molar-refractivity contribution in [1.82, 2.24) is 19.1 Å². The zero-order valence-corrected chi connectivity index (χ0v) is 32.6. The molecule has 0 unspecified atom stereocenters. The Kier molecular flexibility index (Phi) is 6.48. The van der Waals surface area contributed by atoms with Gasteiger partial charge in [0.25, 0.3) is 0 Å². The summed E-state index contributed by atoms with van der Waals surface area (Å²) >= 11 is 0. The first-order valence-electron chi connectivity index (χ1n) is 20.4. The maximum atomic E-state index is 5.58. The van der Waals surface area contributed by atoms with E-state index >= 15 is 0 Å². The Morgan fingerprint density at radius 1 is 0.407 bits per heavy atom. The van der Waals surface area contributed by atoms with Crippen LogP contribution in [0.25, 0.3) is 110 Å². The molecule has 9 aromatic carbocycles. The van der Waals surface area contributed by atoms with Gasteiger partial charge >= 0.3 is 0 Å². The van der Waals surface area contributed by atoms with E-state index in [2.05, 4.69) is 205 Å². The van der Waals surface area contributed by atoms with Crippen LogP contribution in [0.1, 0.15) is 25.0 Å². The molecule has 4 heteroatoms. The first-order valence-corrected chi connectivity index (χ1v) is 20.4. The minimum Gasteiger partial charge on any atom is -0.309 e. The van der Waals surface area contributed by atoms with Crippen molar-refractivity contribution in [1.29, 1.82) is 0 Å². The van der Waals surface area contributed by atoms with Crippen LogP contribution in [-0.4, -0.2) is 19.1 Å². The van der Waals surface area contributed by atoms with Crippen LogP contribution in [0.5, 0.6) is 0 Å². The van der Waals surface area contributed by atoms with Gasteiger partial charge in [0, 0.05) is 43.6 Å². The van der Waals surface area contributed by atoms with Gasteiger partial charge in [-0.05, 0) is 92.3 Å². The number of hydrogen-bond acceptors (Lipinski definition) is 2. The summed E-state index contributed by atoms with van der Waals surface area (Å²) in [6.45, 7) is 4.66. The number of fused-ring (bicyclic) bond motifs is 13. The molecule has 0 atom stereocenters. The van der Waals surface area contributed by atoms with Crippen LogP contribution in [0, 0.1) is 0 Å². The standard InChI is InChI=1S/C55H36N4/c1-55(2)45-20-10-7-17-39(45)43-30-36(23-27-46(43)55)53-41-19-8-11-21-47(41)56-54(57-53)59-49-28-24-33-13-5-6-16-38(33)52(49)42-26-25-37(32-51(42)59)58-48-22-12-9-18-40(48)44-29-34-14-3-4-15-35(34)31-50(44)58/h3-32H,1-2H3. The summed E-state index contributed by atoms with van der Waals surface area (Å²) in [5.41, 5.74) is 13.7. The van der Waals surface area contributed by atoms with Crippen molar-refractivity contribution >= 4 is 76.1 Å². The summed E-state index contributed by atoms with van der Waals surface area (Å²) in [6, 6.07) is 66.4. The van der Waals surface area contributed by atoms with Gasteiger partial charge in [-0.25, -0.2) is 9.97 Å². The topological polar surface area (TPSA) is 35.6 Å². The second-order valence-corrected chi connectivity index (χ2v) is 16.6. The molecule has 1 aliphatic rings. The molecule has 0 bridgehead atoms. The van der Waals surface area contributed by atoms with E-state index in [0.29, 0.717) is 5.95 Å². The van der Waals surface area contributed by atoms with Gasteiger partial charge in [-0.15, -0.1) is 0 Å². The van der Waals surface area contributed by atoms with Crippen molar-refractivity contribution in [3.8, 4) is 34.0 Å². The second kappa shape index (κ2) is 11.7. The molecular formula is C55H36N4. The molecule has 0 spiro atoms. The van der Waals surface area contributed by atoms with Crippen LogP contribution in [0.3, 0.4) is 0 Å². The number of aromatic nitrogens is 4. The van der Waals surface area contributed by atoms with Gasteiger partial charge in [-0.3, -0.25) is 4.57 Å². The molecule has 0 aliphatic heterocycles. The van der Waals surface area contributed by atoms with Gasteiger partial charge in [-0.1, -0.05) is 147 Å². The molecule has 13 rings (SSSR count). The quantitative estimate of drug-likeness (QED) is 0.180. The number of para-hydroxylation sites is 2. The van der Waals surface area contributed by atoms with E-state index in [4.69, 9.17) is 9.97 Å². The Morgan fingerprint density at radius 3 is 1.98 bits per heavy atom. The fraction of sp³-hybridized carbons (Fsp3) is 0.0545. The van der Waals surface area contributed by atoms with E-state index in [1.807, 2.05) is 0 Å². The lowest BCUT2D eigenvalue weighted by atomic mass is 9.82. The molecule has 3 heterocycles. The largest absolute Gasteiger partial charge is 0.309 e. The van der Waals surface area contributed by atoms with Crippen molar-refractivity contribution < 1.29 is 0 Å². The van der Waals surface area contributed by atoms with E-state index in [-0.39, 0.29) is 5.41 Å². The Bertz CT molecular complexity index is 3770. The molecule has 0 saturated carbocycles. The predicted molar refractivity (Wildman–Crippen MR) is 246 cm³/mol. The number of benzene rings is 9. The van der Waals surface area contributed by atoms with Crippen molar-refractivity contribution in [2.45, 2.75) is 19.3 Å². The normalized spacial score (nSPS) is 13.4. The van der Waals surface area contributed by atoms with Gasteiger partial charge in [0.2, 0.25) is 5.95 Å². The third-order valence-corrected chi connectivity index (χ3v) is 13.1. The summed E-state index contributed by atoms with van der Waals surface area (Å²) in [5, 5.41) is 10.8. The minimum atomic E-state index is -0.0731. The number of nitrogens with zero attached hydrogens (tertiary/aromatic N) is 4. The highest BCUT2D eigenvalue weighted by Gasteiger charge is 2.35. The molecule has 12 aromatic rings. The Morgan fingerprint density at radius 2 is 1.10 bits per heavy atom. The second-order valence-electron chi connectivity index (χ2n) is 16.6. The van der Waals surface area contributed by atoms with E-state index in [1.54, 1.807) is 0 Å². The molecule has 3 aromatic heterocycles. The highest BCUT2D eigenvalue weighted by Crippen LogP contribution is 2.50. The lowest BCUT2D eigenvalue weighted by Gasteiger charge is -2.21. The highest BCUT2D eigenvalue weighted by atomic mass is 15.2. The number of hydrogen-bond donors (Lipinski definition) is 0. The molecule has 0 N–H and O–H groups in total. The molecule has 0 fully saturated rings. The zero-order chi connectivity index (χ0) is 39.0. The predicted octanol–water partition coefficient (Wildman–Crippen LogP) is 14.1. The molecule has 59 heavy (non-hydrogen) atoms. The third kappa shape index (κ3) is 4.49. The molecule has 276 valence electrons. The summed E-state index contributed by atoms with van der Waals surface area (Å²) in [4.78, 5) is 11.0. The van der Waals surface area contributed by atoms with Crippen LogP contribution in [0.2, 0.25) is 0 Å². The summed E-state index contributed by atoms with van der Waals surface area (Å²) < 4.78 is 4.72. The average molecular weight is 753 g/mol. The Hall–Kier alpha value is -7.56. The third-order valence-electron chi connectivity index (χ3n) is 13.1. The van der Waals surface area contributed by atoms with Crippen LogP contribution >= 0.6 is 0 Å². The van der Waals surface area contributed by atoms with Crippen LogP contribution in [-0.2, 0) is 5.41 Å². The maximum Gasteiger partial charge on any atom is 0.235 e. The van der Waals surface area contributed by atoms with E-state index < -0.39 is 0 Å². The monoisotopic (exact) mass is 752 g/mol. The van der Waals surface area contributed by atoms with Crippen LogP contribution in [0.15, 0.2) is 182 Å². The van der Waals surface area contributed by atoms with Crippen molar-refractivity contribution in [3.63, 3.8) is 0 Å². The molecular weight excluding hydrogens is 717 g/mol. The summed E-state index contributed by atoms with van der Waals surface area (Å²) in [6.07, 6.45) is 0. The van der Waals surface area contributed by atoms with E-state index in [0.717, 1.165) is 38.9 Å². The summed E-state index contributed by atoms with van der Waals surface area (Å²) in [7, 11) is 0. The van der Waals surface area contributed by atoms with E-state index in [9.17, 15) is 0 Å². The van der Waals surface area contributed by atoms with Crippen molar-refractivity contribution in [2.75, 3.05) is 0 Å². The van der Waals surface area contributed by atoms with Gasteiger partial charge in [0.15, 0.2) is 0 Å². The maximum absolute atomic E-state index is 5.58. The minimum absolute atomic E-state index is 0.0731. The van der Waals surface area contributed by atoms with Crippen molar-refractivity contribution in [3.05, 3.63) is 193 Å². The van der Waals surface area contributed by atoms with Gasteiger partial charge < -0.3 is 4.57 Å². The van der Waals surface area contributed by atoms with Gasteiger partial charge in [0.05, 0.1) is 33.3 Å². The first-order chi connectivity index (χ1) is 29.0. The smallest absolute Gasteiger partial charge is 0.235 e. The molecule has 0 radical (unpaired) electrons. The fourth-order valence-electron chi connectivity index (χ4n) is 10.3. The van der Waals surface area contributed by atoms with Crippen molar-refractivity contribution in [2.24, 2.45) is 0 Å². The SMILES string of the molecule is CC1(C)c2ccccc2-c2cc(-c3nc(-n4c5cc(-n6c7ccccc7c7cc8ccccc8cc76)ccc5c5c6ccccc6ccc54)nc4ccccc34)ccc21. The first kappa shape index (κ1) is 32.5. The lowest BCUT2D eigenvalue weighted by molar-refractivity contribution is 0.660. The summed E-state index contributed by atoms with van der Waals surface area (Å²) in [5.74, 6) is 0.653. The highest BCUT2D eigenvalue weighted by molar-refractivity contribution is 6.22. The number of rotatable bonds is 3.